The molecule has 4 atom stereocenters. The van der Waals surface area contributed by atoms with Crippen molar-refractivity contribution in [3.8, 4) is 11.5 Å². The maximum absolute atomic E-state index is 15.0. The van der Waals surface area contributed by atoms with Gasteiger partial charge in [-0.25, -0.2) is 0 Å². The molecule has 43 heavy (non-hydrogen) atoms. The van der Waals surface area contributed by atoms with Gasteiger partial charge in [-0.15, -0.1) is 0 Å². The van der Waals surface area contributed by atoms with Crippen molar-refractivity contribution in [2.45, 2.75) is 17.5 Å². The standard InChI is InChI=1S/C35H27BrN2O5/c1-42-23-16-18-29(43-2)24(19-23)32(40)30-28-17-13-20-7-3-6-10-27(20)38(28)33(31(39)21-11-14-22(36)15-12-21)35(30)25-8-4-5-9-26(25)37-34(35)41/h3-19,28,30,33H,1-2H3,(H,37,41)/t28-,30-,33+,35+/m1/s1. The second kappa shape index (κ2) is 10.2. The quantitative estimate of drug-likeness (QED) is 0.250. The van der Waals surface area contributed by atoms with E-state index in [0.717, 1.165) is 15.7 Å². The fourth-order valence-electron chi connectivity index (χ4n) is 7.08. The summed E-state index contributed by atoms with van der Waals surface area (Å²) in [6.45, 7) is 0. The topological polar surface area (TPSA) is 84.9 Å². The molecule has 3 aliphatic heterocycles. The lowest BCUT2D eigenvalue weighted by Gasteiger charge is -2.37. The van der Waals surface area contributed by atoms with E-state index in [-0.39, 0.29) is 23.0 Å². The molecule has 1 saturated heterocycles. The first-order valence-electron chi connectivity index (χ1n) is 13.9. The molecule has 0 radical (unpaired) electrons. The molecule has 0 aliphatic carbocycles. The molecular formula is C35H27BrN2O5. The highest BCUT2D eigenvalue weighted by Gasteiger charge is 2.71. The predicted octanol–water partition coefficient (Wildman–Crippen LogP) is 6.32. The van der Waals surface area contributed by atoms with Gasteiger partial charge in [0.2, 0.25) is 5.91 Å². The molecule has 1 N–H and O–H groups in total. The molecule has 0 saturated carbocycles. The van der Waals surface area contributed by atoms with E-state index < -0.39 is 23.4 Å². The first-order valence-corrected chi connectivity index (χ1v) is 14.7. The number of methoxy groups -OCH3 is 2. The summed E-state index contributed by atoms with van der Waals surface area (Å²) in [4.78, 5) is 46.5. The number of benzene rings is 4. The highest BCUT2D eigenvalue weighted by molar-refractivity contribution is 9.10. The number of fused-ring (bicyclic) bond motifs is 5. The molecule has 0 bridgehead atoms. The number of rotatable bonds is 6. The van der Waals surface area contributed by atoms with Gasteiger partial charge in [-0.1, -0.05) is 76.6 Å². The van der Waals surface area contributed by atoms with Crippen LogP contribution in [0.3, 0.4) is 0 Å². The van der Waals surface area contributed by atoms with Crippen molar-refractivity contribution in [1.29, 1.82) is 0 Å². The Balaban J connectivity index is 1.54. The maximum Gasteiger partial charge on any atom is 0.238 e. The molecule has 3 heterocycles. The van der Waals surface area contributed by atoms with Crippen LogP contribution in [0.25, 0.3) is 6.08 Å². The van der Waals surface area contributed by atoms with E-state index in [1.807, 2.05) is 77.7 Å². The Morgan fingerprint density at radius 3 is 2.40 bits per heavy atom. The highest BCUT2D eigenvalue weighted by atomic mass is 79.9. The molecule has 1 spiro atoms. The summed E-state index contributed by atoms with van der Waals surface area (Å²) < 4.78 is 11.9. The first kappa shape index (κ1) is 27.2. The van der Waals surface area contributed by atoms with E-state index in [1.54, 1.807) is 30.3 Å². The van der Waals surface area contributed by atoms with Crippen molar-refractivity contribution in [3.05, 3.63) is 124 Å². The number of halogens is 1. The zero-order valence-electron chi connectivity index (χ0n) is 23.4. The van der Waals surface area contributed by atoms with Gasteiger partial charge < -0.3 is 19.7 Å². The summed E-state index contributed by atoms with van der Waals surface area (Å²) in [6.07, 6.45) is 3.92. The molecule has 4 aromatic rings. The maximum atomic E-state index is 15.0. The number of nitrogens with one attached hydrogen (secondary N) is 1. The van der Waals surface area contributed by atoms with E-state index in [9.17, 15) is 9.59 Å². The van der Waals surface area contributed by atoms with Crippen LogP contribution in [0.1, 0.15) is 31.8 Å². The fourth-order valence-corrected chi connectivity index (χ4v) is 7.35. The third-order valence-electron chi connectivity index (χ3n) is 8.88. The van der Waals surface area contributed by atoms with Gasteiger partial charge in [-0.2, -0.15) is 0 Å². The van der Waals surface area contributed by atoms with Crippen LogP contribution in [0.15, 0.2) is 102 Å². The highest BCUT2D eigenvalue weighted by Crippen LogP contribution is 2.58. The van der Waals surface area contributed by atoms with Crippen LogP contribution in [0.2, 0.25) is 0 Å². The predicted molar refractivity (Wildman–Crippen MR) is 168 cm³/mol. The van der Waals surface area contributed by atoms with Crippen molar-refractivity contribution in [2.24, 2.45) is 5.92 Å². The van der Waals surface area contributed by atoms with Gasteiger partial charge in [-0.05, 0) is 53.6 Å². The Bertz CT molecular complexity index is 1830. The molecule has 1 fully saturated rings. The Labute approximate surface area is 257 Å². The Morgan fingerprint density at radius 2 is 1.63 bits per heavy atom. The molecule has 1 amide bonds. The second-order valence-corrected chi connectivity index (χ2v) is 11.8. The van der Waals surface area contributed by atoms with Gasteiger partial charge in [0, 0.05) is 21.4 Å². The lowest BCUT2D eigenvalue weighted by molar-refractivity contribution is -0.121. The van der Waals surface area contributed by atoms with Crippen LogP contribution in [-0.2, 0) is 10.2 Å². The number of hydrogen-bond acceptors (Lipinski definition) is 6. The summed E-state index contributed by atoms with van der Waals surface area (Å²) in [5, 5.41) is 3.04. The SMILES string of the molecule is COc1ccc(OC)c(C(=O)[C@H]2[C@H]3C=Cc4ccccc4N3[C@@H](C(=O)c3ccc(Br)cc3)[C@@]23C(=O)Nc2ccccc23)c1. The van der Waals surface area contributed by atoms with Gasteiger partial charge in [-0.3, -0.25) is 14.4 Å². The number of nitrogens with zero attached hydrogens (tertiary/aromatic N) is 1. The Kier molecular flexibility index (Phi) is 6.47. The Morgan fingerprint density at radius 1 is 0.884 bits per heavy atom. The zero-order valence-corrected chi connectivity index (χ0v) is 25.0. The molecule has 3 aliphatic rings. The van der Waals surface area contributed by atoms with Crippen molar-refractivity contribution in [3.63, 3.8) is 0 Å². The number of carbonyl (C=O) groups excluding carboxylic acids is 3. The van der Waals surface area contributed by atoms with Crippen molar-refractivity contribution < 1.29 is 23.9 Å². The number of anilines is 2. The third kappa shape index (κ3) is 3.89. The lowest BCUT2D eigenvalue weighted by Crippen LogP contribution is -2.55. The average molecular weight is 636 g/mol. The summed E-state index contributed by atoms with van der Waals surface area (Å²) in [5.41, 5.74) is 2.08. The largest absolute Gasteiger partial charge is 0.497 e. The molecule has 7 nitrogen and oxygen atoms in total. The summed E-state index contributed by atoms with van der Waals surface area (Å²) in [5.74, 6) is -1.08. The number of para-hydroxylation sites is 2. The molecule has 4 aromatic carbocycles. The summed E-state index contributed by atoms with van der Waals surface area (Å²) in [7, 11) is 3.03. The minimum absolute atomic E-state index is 0.248. The molecule has 0 aromatic heterocycles. The minimum atomic E-state index is -1.56. The van der Waals surface area contributed by atoms with Crippen LogP contribution in [0.4, 0.5) is 11.4 Å². The van der Waals surface area contributed by atoms with E-state index >= 15 is 4.79 Å². The molecule has 7 rings (SSSR count). The van der Waals surface area contributed by atoms with E-state index in [0.29, 0.717) is 28.3 Å². The van der Waals surface area contributed by atoms with Crippen molar-refractivity contribution >= 4 is 50.9 Å². The van der Waals surface area contributed by atoms with Crippen LogP contribution in [0, 0.1) is 5.92 Å². The molecule has 214 valence electrons. The van der Waals surface area contributed by atoms with Crippen molar-refractivity contribution in [1.82, 2.24) is 0 Å². The number of hydrogen-bond donors (Lipinski definition) is 1. The van der Waals surface area contributed by atoms with Gasteiger partial charge in [0.05, 0.1) is 31.7 Å². The number of ketones is 2. The number of ether oxygens (including phenoxy) is 2. The van der Waals surface area contributed by atoms with E-state index in [2.05, 4.69) is 21.2 Å². The smallest absolute Gasteiger partial charge is 0.238 e. The normalized spacial score (nSPS) is 22.9. The van der Waals surface area contributed by atoms with Gasteiger partial charge in [0.15, 0.2) is 11.6 Å². The summed E-state index contributed by atoms with van der Waals surface area (Å²) >= 11 is 3.46. The van der Waals surface area contributed by atoms with Crippen LogP contribution < -0.4 is 19.7 Å². The number of amides is 1. The molecular weight excluding hydrogens is 608 g/mol. The summed E-state index contributed by atoms with van der Waals surface area (Å²) in [6, 6.07) is 25.6. The molecule has 8 heteroatoms. The Hall–Kier alpha value is -4.69. The average Bonchev–Trinajstić information content (AvgIpc) is 3.52. The van der Waals surface area contributed by atoms with Crippen molar-refractivity contribution in [2.75, 3.05) is 24.4 Å². The van der Waals surface area contributed by atoms with Crippen LogP contribution >= 0.6 is 15.9 Å². The number of carbonyl (C=O) groups is 3. The number of Topliss-reactive ketones (excluding diaryl/α,β-unsaturated/α-hetero) is 2. The van der Waals surface area contributed by atoms with Gasteiger partial charge in [0.1, 0.15) is 23.0 Å². The minimum Gasteiger partial charge on any atom is -0.497 e. The first-order chi connectivity index (χ1) is 20.9. The lowest BCUT2D eigenvalue weighted by atomic mass is 9.63. The van der Waals surface area contributed by atoms with E-state index in [1.165, 1.54) is 14.2 Å². The van der Waals surface area contributed by atoms with Gasteiger partial charge in [0.25, 0.3) is 0 Å². The van der Waals surface area contributed by atoms with Crippen LogP contribution in [0.5, 0.6) is 11.5 Å². The van der Waals surface area contributed by atoms with E-state index in [4.69, 9.17) is 9.47 Å². The monoisotopic (exact) mass is 634 g/mol. The zero-order chi connectivity index (χ0) is 29.9. The van der Waals surface area contributed by atoms with Crippen LogP contribution in [-0.4, -0.2) is 43.8 Å². The molecule has 0 unspecified atom stereocenters. The van der Waals surface area contributed by atoms with Gasteiger partial charge >= 0.3 is 0 Å². The fraction of sp³-hybridized carbons (Fsp3) is 0.171. The third-order valence-corrected chi connectivity index (χ3v) is 9.41. The second-order valence-electron chi connectivity index (χ2n) is 10.9.